The summed E-state index contributed by atoms with van der Waals surface area (Å²) in [4.78, 5) is 0. The lowest BCUT2D eigenvalue weighted by atomic mass is 10.1. The van der Waals surface area contributed by atoms with Gasteiger partial charge in [-0.15, -0.1) is 0 Å². The molecule has 2 N–H and O–H groups in total. The van der Waals surface area contributed by atoms with Crippen LogP contribution < -0.4 is 5.73 Å². The molecule has 2 heterocycles. The van der Waals surface area contributed by atoms with Crippen LogP contribution in [-0.4, -0.2) is 14.3 Å². The van der Waals surface area contributed by atoms with E-state index in [-0.39, 0.29) is 0 Å². The summed E-state index contributed by atoms with van der Waals surface area (Å²) in [6, 6.07) is 6.13. The zero-order valence-electron chi connectivity index (χ0n) is 10.2. The highest BCUT2D eigenvalue weighted by molar-refractivity contribution is 6.35. The molecule has 92 valence electrons. The van der Waals surface area contributed by atoms with Crippen LogP contribution in [0.4, 0.5) is 5.82 Å². The summed E-state index contributed by atoms with van der Waals surface area (Å²) >= 11 is 6.21. The highest BCUT2D eigenvalue weighted by atomic mass is 35.5. The topological polar surface area (TPSA) is 48.8 Å². The summed E-state index contributed by atoms with van der Waals surface area (Å²) in [5.41, 5.74) is 9.05. The van der Waals surface area contributed by atoms with E-state index >= 15 is 0 Å². The Balaban J connectivity index is 2.25. The van der Waals surface area contributed by atoms with Gasteiger partial charge in [0.25, 0.3) is 0 Å². The standard InChI is InChI=1S/C13H13ClN4/c1-17-7-11(14)9-5-8(3-4-12(9)17)10-6-16-18(2)13(10)15/h3-7H,15H2,1-2H3. The number of rotatable bonds is 1. The van der Waals surface area contributed by atoms with Gasteiger partial charge in [-0.2, -0.15) is 5.10 Å². The molecule has 0 atom stereocenters. The van der Waals surface area contributed by atoms with Crippen molar-refractivity contribution >= 4 is 28.3 Å². The molecule has 2 aromatic heterocycles. The number of halogens is 1. The zero-order valence-corrected chi connectivity index (χ0v) is 10.9. The summed E-state index contributed by atoms with van der Waals surface area (Å²) in [5.74, 6) is 0.654. The number of fused-ring (bicyclic) bond motifs is 1. The second-order valence-corrected chi connectivity index (χ2v) is 4.79. The van der Waals surface area contributed by atoms with Crippen molar-refractivity contribution in [2.75, 3.05) is 5.73 Å². The van der Waals surface area contributed by atoms with E-state index in [4.69, 9.17) is 17.3 Å². The van der Waals surface area contributed by atoms with Crippen molar-refractivity contribution in [1.82, 2.24) is 14.3 Å². The highest BCUT2D eigenvalue weighted by Gasteiger charge is 2.10. The van der Waals surface area contributed by atoms with Crippen molar-refractivity contribution < 1.29 is 0 Å². The first kappa shape index (κ1) is 11.2. The maximum Gasteiger partial charge on any atom is 0.129 e. The molecule has 3 aromatic rings. The molecule has 0 aliphatic heterocycles. The molecule has 18 heavy (non-hydrogen) atoms. The highest BCUT2D eigenvalue weighted by Crippen LogP contribution is 2.32. The third-order valence-electron chi connectivity index (χ3n) is 3.24. The fraction of sp³-hybridized carbons (Fsp3) is 0.154. The smallest absolute Gasteiger partial charge is 0.129 e. The number of nitrogen functional groups attached to an aromatic ring is 1. The largest absolute Gasteiger partial charge is 0.383 e. The summed E-state index contributed by atoms with van der Waals surface area (Å²) in [6.07, 6.45) is 3.68. The number of anilines is 1. The first-order valence-electron chi connectivity index (χ1n) is 5.60. The molecule has 1 aromatic carbocycles. The molecular formula is C13H13ClN4. The van der Waals surface area contributed by atoms with Gasteiger partial charge in [-0.25, -0.2) is 0 Å². The van der Waals surface area contributed by atoms with E-state index in [1.807, 2.05) is 43.1 Å². The van der Waals surface area contributed by atoms with Crippen LogP contribution in [0.25, 0.3) is 22.0 Å². The monoisotopic (exact) mass is 260 g/mol. The average Bonchev–Trinajstić information content (AvgIpc) is 2.82. The molecule has 5 heteroatoms. The molecule has 0 spiro atoms. The number of hydrogen-bond donors (Lipinski definition) is 1. The van der Waals surface area contributed by atoms with Gasteiger partial charge < -0.3 is 10.3 Å². The number of benzene rings is 1. The van der Waals surface area contributed by atoms with Gasteiger partial charge in [-0.05, 0) is 17.7 Å². The molecular weight excluding hydrogens is 248 g/mol. The van der Waals surface area contributed by atoms with Gasteiger partial charge in [0.1, 0.15) is 5.82 Å². The minimum Gasteiger partial charge on any atom is -0.383 e. The molecule has 0 fully saturated rings. The Hall–Kier alpha value is -1.94. The Morgan fingerprint density at radius 3 is 2.72 bits per heavy atom. The van der Waals surface area contributed by atoms with Gasteiger partial charge in [0, 0.05) is 36.8 Å². The van der Waals surface area contributed by atoms with Crippen LogP contribution >= 0.6 is 11.6 Å². The lowest BCUT2D eigenvalue weighted by Gasteiger charge is -2.02. The van der Waals surface area contributed by atoms with E-state index in [2.05, 4.69) is 5.10 Å². The molecule has 0 bridgehead atoms. The zero-order chi connectivity index (χ0) is 12.9. The van der Waals surface area contributed by atoms with Gasteiger partial charge in [0.05, 0.1) is 11.2 Å². The fourth-order valence-corrected chi connectivity index (χ4v) is 2.48. The summed E-state index contributed by atoms with van der Waals surface area (Å²) in [5, 5.41) is 5.93. The first-order valence-corrected chi connectivity index (χ1v) is 5.98. The fourth-order valence-electron chi connectivity index (χ4n) is 2.18. The van der Waals surface area contributed by atoms with Gasteiger partial charge in [-0.1, -0.05) is 17.7 Å². The summed E-state index contributed by atoms with van der Waals surface area (Å²) < 4.78 is 3.67. The van der Waals surface area contributed by atoms with E-state index in [1.165, 1.54) is 0 Å². The number of nitrogens with two attached hydrogens (primary N) is 1. The molecule has 0 aliphatic carbocycles. The van der Waals surface area contributed by atoms with Crippen molar-refractivity contribution in [2.24, 2.45) is 14.1 Å². The van der Waals surface area contributed by atoms with Crippen LogP contribution in [0.15, 0.2) is 30.6 Å². The second-order valence-electron chi connectivity index (χ2n) is 4.39. The van der Waals surface area contributed by atoms with Crippen molar-refractivity contribution in [3.63, 3.8) is 0 Å². The Bertz CT molecular complexity index is 739. The van der Waals surface area contributed by atoms with Gasteiger partial charge >= 0.3 is 0 Å². The second kappa shape index (κ2) is 3.78. The van der Waals surface area contributed by atoms with E-state index < -0.39 is 0 Å². The molecule has 0 unspecified atom stereocenters. The quantitative estimate of drug-likeness (QED) is 0.731. The summed E-state index contributed by atoms with van der Waals surface area (Å²) in [6.45, 7) is 0. The van der Waals surface area contributed by atoms with E-state index in [0.717, 1.165) is 27.1 Å². The van der Waals surface area contributed by atoms with Crippen molar-refractivity contribution in [2.45, 2.75) is 0 Å². The number of hydrogen-bond acceptors (Lipinski definition) is 2. The minimum atomic E-state index is 0.654. The predicted octanol–water partition coefficient (Wildman–Crippen LogP) is 2.81. The van der Waals surface area contributed by atoms with Gasteiger partial charge in [0.2, 0.25) is 0 Å². The number of aryl methyl sites for hydroxylation is 2. The van der Waals surface area contributed by atoms with Crippen molar-refractivity contribution in [1.29, 1.82) is 0 Å². The third kappa shape index (κ3) is 1.49. The maximum atomic E-state index is 6.21. The van der Waals surface area contributed by atoms with Crippen LogP contribution in [0.3, 0.4) is 0 Å². The molecule has 0 saturated heterocycles. The van der Waals surface area contributed by atoms with Gasteiger partial charge in [0.15, 0.2) is 0 Å². The van der Waals surface area contributed by atoms with E-state index in [0.29, 0.717) is 5.82 Å². The van der Waals surface area contributed by atoms with E-state index in [9.17, 15) is 0 Å². The molecule has 0 amide bonds. The lowest BCUT2D eigenvalue weighted by molar-refractivity contribution is 0.779. The van der Waals surface area contributed by atoms with Crippen LogP contribution in [0.2, 0.25) is 5.02 Å². The SMILES string of the molecule is Cn1ncc(-c2ccc3c(c2)c(Cl)cn3C)c1N. The average molecular weight is 261 g/mol. The number of aromatic nitrogens is 3. The summed E-state index contributed by atoms with van der Waals surface area (Å²) in [7, 11) is 3.80. The molecule has 0 saturated carbocycles. The Morgan fingerprint density at radius 2 is 2.06 bits per heavy atom. The van der Waals surface area contributed by atoms with Crippen LogP contribution in [-0.2, 0) is 14.1 Å². The van der Waals surface area contributed by atoms with Crippen molar-refractivity contribution in [3.05, 3.63) is 35.6 Å². The first-order chi connectivity index (χ1) is 8.58. The molecule has 3 rings (SSSR count). The molecule has 4 nitrogen and oxygen atoms in total. The maximum absolute atomic E-state index is 6.21. The molecule has 0 radical (unpaired) electrons. The van der Waals surface area contributed by atoms with Crippen LogP contribution in [0, 0.1) is 0 Å². The van der Waals surface area contributed by atoms with Gasteiger partial charge in [-0.3, -0.25) is 4.68 Å². The predicted molar refractivity (Wildman–Crippen MR) is 74.5 cm³/mol. The Labute approximate surface area is 110 Å². The van der Waals surface area contributed by atoms with Crippen LogP contribution in [0.5, 0.6) is 0 Å². The Morgan fingerprint density at radius 1 is 1.28 bits per heavy atom. The van der Waals surface area contributed by atoms with E-state index in [1.54, 1.807) is 10.9 Å². The molecule has 0 aliphatic rings. The number of nitrogens with zero attached hydrogens (tertiary/aromatic N) is 3. The van der Waals surface area contributed by atoms with Crippen molar-refractivity contribution in [3.8, 4) is 11.1 Å². The third-order valence-corrected chi connectivity index (χ3v) is 3.54. The van der Waals surface area contributed by atoms with Crippen LogP contribution in [0.1, 0.15) is 0 Å². The minimum absolute atomic E-state index is 0.654. The lowest BCUT2D eigenvalue weighted by Crippen LogP contribution is -1.98. The Kier molecular flexibility index (Phi) is 2.35. The normalized spacial score (nSPS) is 11.3.